The summed E-state index contributed by atoms with van der Waals surface area (Å²) < 4.78 is 0. The predicted octanol–water partition coefficient (Wildman–Crippen LogP) is 10.2. The average molecular weight is 676 g/mol. The van der Waals surface area contributed by atoms with Crippen molar-refractivity contribution < 1.29 is 25.8 Å². The molecule has 0 aliphatic rings. The molecule has 0 amide bonds. The normalized spacial score (nSPS) is 11.2. The molecule has 0 saturated carbocycles. The Morgan fingerprint density at radius 3 is 2.31 bits per heavy atom. The van der Waals surface area contributed by atoms with E-state index in [0.717, 1.165) is 47.3 Å². The summed E-state index contributed by atoms with van der Waals surface area (Å²) in [5.41, 5.74) is 9.05. The fourth-order valence-electron chi connectivity index (χ4n) is 5.00. The number of hydrogen-bond acceptors (Lipinski definition) is 1. The first-order valence-corrected chi connectivity index (χ1v) is 13.6. The van der Waals surface area contributed by atoms with Crippen LogP contribution < -0.4 is 0 Å². The van der Waals surface area contributed by atoms with Crippen molar-refractivity contribution in [1.29, 1.82) is 0 Å². The standard InChI is InChI=1S/C34H32N2.C2H5.Hf/c1-4-13-27-18-10-16-25(5-2)33(27)36-34(28-19-8-6-14-24(28)3)32-23-12-22-31(35-32)30-21-11-17-26-15-7-9-20-29(26)30;1-2;/h6-12,14-20,22-23,34H,4-5,13H2,1-3H3;1H2,2H3;/q-2;-1;. The Labute approximate surface area is 253 Å². The zero-order valence-corrected chi connectivity index (χ0v) is 27.1. The molecule has 0 aliphatic carbocycles. The molecule has 1 heterocycles. The molecular weight excluding hydrogens is 639 g/mol. The van der Waals surface area contributed by atoms with E-state index in [1.807, 2.05) is 6.07 Å². The van der Waals surface area contributed by atoms with E-state index in [1.165, 1.54) is 27.6 Å². The summed E-state index contributed by atoms with van der Waals surface area (Å²) in [5.74, 6) is 0. The van der Waals surface area contributed by atoms with Crippen LogP contribution in [0.1, 0.15) is 61.2 Å². The van der Waals surface area contributed by atoms with Crippen LogP contribution in [-0.2, 0) is 38.7 Å². The van der Waals surface area contributed by atoms with Gasteiger partial charge >= 0.3 is 0 Å². The number of aryl methyl sites for hydroxylation is 3. The van der Waals surface area contributed by atoms with Crippen LogP contribution in [0.5, 0.6) is 0 Å². The molecule has 0 N–H and O–H groups in total. The molecule has 5 rings (SSSR count). The Bertz CT molecular complexity index is 1490. The van der Waals surface area contributed by atoms with Crippen LogP contribution in [0.4, 0.5) is 5.69 Å². The van der Waals surface area contributed by atoms with E-state index in [0.29, 0.717) is 0 Å². The van der Waals surface area contributed by atoms with Gasteiger partial charge in [0.15, 0.2) is 0 Å². The van der Waals surface area contributed by atoms with Crippen LogP contribution in [0.3, 0.4) is 0 Å². The number of rotatable bonds is 8. The van der Waals surface area contributed by atoms with Crippen LogP contribution in [0.25, 0.3) is 27.3 Å². The fourth-order valence-corrected chi connectivity index (χ4v) is 5.00. The van der Waals surface area contributed by atoms with Crippen LogP contribution in [0, 0.1) is 19.9 Å². The van der Waals surface area contributed by atoms with Gasteiger partial charge in [0, 0.05) is 31.5 Å². The van der Waals surface area contributed by atoms with Gasteiger partial charge < -0.3 is 17.2 Å². The minimum atomic E-state index is -0.190. The smallest absolute Gasteiger partial charge is 0.0195 e. The molecule has 198 valence electrons. The number of nitrogens with zero attached hydrogens (tertiary/aromatic N) is 2. The molecule has 0 aliphatic heterocycles. The van der Waals surface area contributed by atoms with E-state index in [4.69, 9.17) is 10.3 Å². The summed E-state index contributed by atoms with van der Waals surface area (Å²) in [6.07, 6.45) is 3.07. The van der Waals surface area contributed by atoms with E-state index in [2.05, 4.69) is 125 Å². The SMILES string of the molecule is CCCc1cccc(CC)c1[N-]C(c1cccc(-c2[c-]ccc3ccccc23)n1)c1ccccc1C.[CH2-]C.[Hf]. The maximum Gasteiger partial charge on any atom is 0.0195 e. The van der Waals surface area contributed by atoms with Gasteiger partial charge in [0.05, 0.1) is 0 Å². The van der Waals surface area contributed by atoms with Crippen molar-refractivity contribution in [3.63, 3.8) is 0 Å². The van der Waals surface area contributed by atoms with Crippen LogP contribution in [0.15, 0.2) is 97.1 Å². The van der Waals surface area contributed by atoms with Crippen LogP contribution in [-0.4, -0.2) is 4.98 Å². The molecule has 1 unspecified atom stereocenters. The molecule has 0 saturated heterocycles. The van der Waals surface area contributed by atoms with Crippen LogP contribution in [0.2, 0.25) is 0 Å². The van der Waals surface area contributed by atoms with Crippen molar-refractivity contribution in [2.24, 2.45) is 0 Å². The van der Waals surface area contributed by atoms with Crippen LogP contribution >= 0.6 is 0 Å². The number of aromatic nitrogens is 1. The van der Waals surface area contributed by atoms with Crippen molar-refractivity contribution in [2.75, 3.05) is 0 Å². The van der Waals surface area contributed by atoms with Gasteiger partial charge in [0.1, 0.15) is 0 Å². The molecule has 0 fully saturated rings. The first-order valence-electron chi connectivity index (χ1n) is 13.6. The summed E-state index contributed by atoms with van der Waals surface area (Å²) in [6, 6.07) is 37.2. The maximum absolute atomic E-state index is 5.47. The summed E-state index contributed by atoms with van der Waals surface area (Å²) in [6.45, 7) is 11.6. The monoisotopic (exact) mass is 677 g/mol. The van der Waals surface area contributed by atoms with Gasteiger partial charge in [-0.05, 0) is 43.1 Å². The average Bonchev–Trinajstić information content (AvgIpc) is 2.98. The third-order valence-corrected chi connectivity index (χ3v) is 6.87. The zero-order chi connectivity index (χ0) is 26.9. The van der Waals surface area contributed by atoms with Crippen molar-refractivity contribution in [3.8, 4) is 11.3 Å². The topological polar surface area (TPSA) is 27.0 Å². The summed E-state index contributed by atoms with van der Waals surface area (Å²) in [7, 11) is 0. The molecule has 0 spiro atoms. The van der Waals surface area contributed by atoms with Crippen molar-refractivity contribution in [1.82, 2.24) is 4.98 Å². The number of para-hydroxylation sites is 1. The summed E-state index contributed by atoms with van der Waals surface area (Å²) in [5, 5.41) is 7.83. The summed E-state index contributed by atoms with van der Waals surface area (Å²) >= 11 is 0. The van der Waals surface area contributed by atoms with Crippen molar-refractivity contribution >= 4 is 16.5 Å². The molecule has 0 radical (unpaired) electrons. The second kappa shape index (κ2) is 14.9. The Morgan fingerprint density at radius 1 is 0.821 bits per heavy atom. The van der Waals surface area contributed by atoms with Gasteiger partial charge in [0.25, 0.3) is 0 Å². The second-order valence-corrected chi connectivity index (χ2v) is 9.30. The zero-order valence-electron chi connectivity index (χ0n) is 23.5. The number of benzene rings is 4. The van der Waals surface area contributed by atoms with Gasteiger partial charge in [-0.2, -0.15) is 6.92 Å². The molecule has 39 heavy (non-hydrogen) atoms. The quantitative estimate of drug-likeness (QED) is 0.119. The van der Waals surface area contributed by atoms with Crippen molar-refractivity contribution in [2.45, 2.75) is 53.0 Å². The van der Waals surface area contributed by atoms with Gasteiger partial charge in [-0.1, -0.05) is 121 Å². The molecule has 5 aromatic rings. The Hall–Kier alpha value is -3.04. The van der Waals surface area contributed by atoms with E-state index >= 15 is 0 Å². The minimum Gasteiger partial charge on any atom is -0.673 e. The molecule has 1 aromatic heterocycles. The third-order valence-electron chi connectivity index (χ3n) is 6.87. The Balaban J connectivity index is 0.00000137. The number of hydrogen-bond donors (Lipinski definition) is 0. The van der Waals surface area contributed by atoms with Gasteiger partial charge in [-0.15, -0.1) is 34.8 Å². The molecular formula is C36H37HfN2-3. The molecule has 1 atom stereocenters. The number of fused-ring (bicyclic) bond motifs is 1. The van der Waals surface area contributed by atoms with E-state index in [9.17, 15) is 0 Å². The van der Waals surface area contributed by atoms with Gasteiger partial charge in [-0.3, -0.25) is 0 Å². The number of pyridine rings is 1. The molecule has 0 bridgehead atoms. The van der Waals surface area contributed by atoms with Crippen molar-refractivity contribution in [3.05, 3.63) is 143 Å². The Kier molecular flexibility index (Phi) is 11.7. The van der Waals surface area contributed by atoms with E-state index in [1.54, 1.807) is 6.92 Å². The van der Waals surface area contributed by atoms with Gasteiger partial charge in [-0.25, -0.2) is 0 Å². The first-order chi connectivity index (χ1) is 18.7. The first kappa shape index (κ1) is 30.5. The molecule has 2 nitrogen and oxygen atoms in total. The predicted molar refractivity (Wildman–Crippen MR) is 163 cm³/mol. The second-order valence-electron chi connectivity index (χ2n) is 9.30. The Morgan fingerprint density at radius 2 is 1.54 bits per heavy atom. The molecule has 3 heteroatoms. The minimum absolute atomic E-state index is 0. The fraction of sp³-hybridized carbons (Fsp3) is 0.222. The summed E-state index contributed by atoms with van der Waals surface area (Å²) in [4.78, 5) is 5.21. The molecule has 4 aromatic carbocycles. The van der Waals surface area contributed by atoms with E-state index in [-0.39, 0.29) is 31.9 Å². The largest absolute Gasteiger partial charge is 0.673 e. The third kappa shape index (κ3) is 6.94. The van der Waals surface area contributed by atoms with E-state index < -0.39 is 0 Å². The van der Waals surface area contributed by atoms with Gasteiger partial charge in [0.2, 0.25) is 0 Å². The maximum atomic E-state index is 5.47.